The summed E-state index contributed by atoms with van der Waals surface area (Å²) in [6, 6.07) is 13.0. The van der Waals surface area contributed by atoms with E-state index in [1.165, 1.54) is 12.1 Å². The van der Waals surface area contributed by atoms with Gasteiger partial charge in [-0.05, 0) is 36.8 Å². The maximum Gasteiger partial charge on any atom is 0.519 e. The molecule has 2 aromatic rings. The van der Waals surface area contributed by atoms with Crippen molar-refractivity contribution >= 4 is 6.16 Å². The van der Waals surface area contributed by atoms with Gasteiger partial charge in [-0.25, -0.2) is 4.79 Å². The molecule has 2 rings (SSSR count). The third-order valence-corrected chi connectivity index (χ3v) is 2.21. The number of phenolic OH excluding ortho intramolecular Hbond substituents is 1. The van der Waals surface area contributed by atoms with Crippen LogP contribution in [0.15, 0.2) is 48.5 Å². The van der Waals surface area contributed by atoms with Crippen molar-refractivity contribution in [1.29, 1.82) is 0 Å². The van der Waals surface area contributed by atoms with Gasteiger partial charge in [-0.15, -0.1) is 0 Å². The quantitative estimate of drug-likeness (QED) is 0.650. The number of hydrogen-bond acceptors (Lipinski definition) is 4. The summed E-state index contributed by atoms with van der Waals surface area (Å²) >= 11 is 0. The lowest BCUT2D eigenvalue weighted by Gasteiger charge is -2.06. The molecule has 0 aromatic heterocycles. The lowest BCUT2D eigenvalue weighted by Crippen LogP contribution is -2.13. The Balaban J connectivity index is 2.01. The summed E-state index contributed by atoms with van der Waals surface area (Å²) in [4.78, 5) is 11.5. The van der Waals surface area contributed by atoms with Crippen molar-refractivity contribution in [3.8, 4) is 17.2 Å². The monoisotopic (exact) mass is 244 g/mol. The van der Waals surface area contributed by atoms with Crippen LogP contribution in [0.4, 0.5) is 4.79 Å². The van der Waals surface area contributed by atoms with Gasteiger partial charge < -0.3 is 14.6 Å². The zero-order chi connectivity index (χ0) is 13.0. The fourth-order valence-electron chi connectivity index (χ4n) is 1.44. The lowest BCUT2D eigenvalue weighted by atomic mass is 10.2. The molecule has 4 heteroatoms. The summed E-state index contributed by atoms with van der Waals surface area (Å²) < 4.78 is 9.91. The topological polar surface area (TPSA) is 55.8 Å². The minimum Gasteiger partial charge on any atom is -0.508 e. The lowest BCUT2D eigenvalue weighted by molar-refractivity contribution is 0.152. The van der Waals surface area contributed by atoms with E-state index >= 15 is 0 Å². The normalized spacial score (nSPS) is 9.83. The summed E-state index contributed by atoms with van der Waals surface area (Å²) in [6.45, 7) is 1.90. The molecule has 92 valence electrons. The third-order valence-electron chi connectivity index (χ3n) is 2.21. The van der Waals surface area contributed by atoms with Crippen molar-refractivity contribution < 1.29 is 19.4 Å². The van der Waals surface area contributed by atoms with Gasteiger partial charge in [-0.2, -0.15) is 0 Å². The van der Waals surface area contributed by atoms with E-state index < -0.39 is 6.16 Å². The van der Waals surface area contributed by atoms with Crippen LogP contribution in [0.3, 0.4) is 0 Å². The van der Waals surface area contributed by atoms with Gasteiger partial charge in [-0.3, -0.25) is 0 Å². The van der Waals surface area contributed by atoms with E-state index in [2.05, 4.69) is 0 Å². The maximum absolute atomic E-state index is 11.5. The highest BCUT2D eigenvalue weighted by Gasteiger charge is 2.08. The van der Waals surface area contributed by atoms with E-state index in [-0.39, 0.29) is 11.5 Å². The molecule has 0 unspecified atom stereocenters. The number of carbonyl (C=O) groups excluding carboxylic acids is 1. The van der Waals surface area contributed by atoms with Gasteiger partial charge >= 0.3 is 6.16 Å². The Morgan fingerprint density at radius 2 is 1.61 bits per heavy atom. The first kappa shape index (κ1) is 12.0. The van der Waals surface area contributed by atoms with Crippen molar-refractivity contribution in [2.45, 2.75) is 6.92 Å². The van der Waals surface area contributed by atoms with Gasteiger partial charge in [0, 0.05) is 6.07 Å². The number of hydrogen-bond donors (Lipinski definition) is 1. The van der Waals surface area contributed by atoms with Crippen LogP contribution in [-0.4, -0.2) is 11.3 Å². The molecule has 18 heavy (non-hydrogen) atoms. The summed E-state index contributed by atoms with van der Waals surface area (Å²) in [6.07, 6.45) is -0.841. The van der Waals surface area contributed by atoms with Crippen LogP contribution in [0, 0.1) is 6.92 Å². The predicted octanol–water partition coefficient (Wildman–Crippen LogP) is 3.28. The van der Waals surface area contributed by atoms with Crippen LogP contribution in [0.2, 0.25) is 0 Å². The first-order valence-electron chi connectivity index (χ1n) is 5.39. The molecule has 0 atom stereocenters. The number of aryl methyl sites for hydroxylation is 1. The summed E-state index contributed by atoms with van der Waals surface area (Å²) in [5.74, 6) is 0.670. The van der Waals surface area contributed by atoms with Gasteiger partial charge in [0.1, 0.15) is 17.2 Å². The van der Waals surface area contributed by atoms with Gasteiger partial charge in [0.15, 0.2) is 0 Å². The van der Waals surface area contributed by atoms with Crippen LogP contribution in [-0.2, 0) is 0 Å². The molecule has 0 aliphatic heterocycles. The molecule has 2 aromatic carbocycles. The minimum atomic E-state index is -0.841. The van der Waals surface area contributed by atoms with E-state index in [1.54, 1.807) is 30.3 Å². The fraction of sp³-hybridized carbons (Fsp3) is 0.0714. The molecule has 1 N–H and O–H groups in total. The Bertz CT molecular complexity index is 514. The number of benzene rings is 2. The molecule has 0 amide bonds. The number of rotatable bonds is 2. The molecule has 0 radical (unpaired) electrons. The van der Waals surface area contributed by atoms with E-state index in [1.807, 2.05) is 13.0 Å². The predicted molar refractivity (Wildman–Crippen MR) is 65.9 cm³/mol. The minimum absolute atomic E-state index is 0.0239. The summed E-state index contributed by atoms with van der Waals surface area (Å²) in [5, 5.41) is 9.22. The second-order valence-electron chi connectivity index (χ2n) is 3.77. The molecule has 4 nitrogen and oxygen atoms in total. The van der Waals surface area contributed by atoms with E-state index in [9.17, 15) is 9.90 Å². The second kappa shape index (κ2) is 5.23. The number of ether oxygens (including phenoxy) is 2. The second-order valence-corrected chi connectivity index (χ2v) is 3.77. The highest BCUT2D eigenvalue weighted by atomic mass is 16.7. The van der Waals surface area contributed by atoms with Crippen LogP contribution >= 0.6 is 0 Å². The highest BCUT2D eigenvalue weighted by molar-refractivity contribution is 5.67. The zero-order valence-electron chi connectivity index (χ0n) is 9.79. The third kappa shape index (κ3) is 3.25. The SMILES string of the molecule is Cc1cccc(OC(=O)Oc2cccc(O)c2)c1. The average Bonchev–Trinajstić information content (AvgIpc) is 2.28. The summed E-state index contributed by atoms with van der Waals surface area (Å²) in [5.41, 5.74) is 0.984. The molecule has 0 fully saturated rings. The van der Waals surface area contributed by atoms with E-state index in [4.69, 9.17) is 9.47 Å². The Morgan fingerprint density at radius 3 is 2.22 bits per heavy atom. The molecule has 0 spiro atoms. The maximum atomic E-state index is 11.5. The molecule has 0 saturated heterocycles. The number of carbonyl (C=O) groups is 1. The summed E-state index contributed by atoms with van der Waals surface area (Å²) in [7, 11) is 0. The first-order valence-corrected chi connectivity index (χ1v) is 5.39. The van der Waals surface area contributed by atoms with Crippen molar-refractivity contribution in [1.82, 2.24) is 0 Å². The van der Waals surface area contributed by atoms with Gasteiger partial charge in [0.25, 0.3) is 0 Å². The van der Waals surface area contributed by atoms with Gasteiger partial charge in [0.05, 0.1) is 0 Å². The van der Waals surface area contributed by atoms with Crippen LogP contribution < -0.4 is 9.47 Å². The molecular weight excluding hydrogens is 232 g/mol. The van der Waals surface area contributed by atoms with Crippen molar-refractivity contribution in [2.24, 2.45) is 0 Å². The van der Waals surface area contributed by atoms with Gasteiger partial charge in [0.2, 0.25) is 0 Å². The fourth-order valence-corrected chi connectivity index (χ4v) is 1.44. The first-order chi connectivity index (χ1) is 8.63. The molecule has 0 bridgehead atoms. The van der Waals surface area contributed by atoms with Crippen LogP contribution in [0.5, 0.6) is 17.2 Å². The van der Waals surface area contributed by atoms with Crippen molar-refractivity contribution in [3.63, 3.8) is 0 Å². The van der Waals surface area contributed by atoms with Gasteiger partial charge in [-0.1, -0.05) is 18.2 Å². The van der Waals surface area contributed by atoms with Crippen LogP contribution in [0.25, 0.3) is 0 Å². The van der Waals surface area contributed by atoms with E-state index in [0.29, 0.717) is 5.75 Å². The average molecular weight is 244 g/mol. The zero-order valence-corrected chi connectivity index (χ0v) is 9.79. The molecule has 0 aliphatic carbocycles. The highest BCUT2D eigenvalue weighted by Crippen LogP contribution is 2.19. The molecule has 0 saturated carbocycles. The molecule has 0 heterocycles. The van der Waals surface area contributed by atoms with Crippen molar-refractivity contribution in [2.75, 3.05) is 0 Å². The number of aromatic hydroxyl groups is 1. The van der Waals surface area contributed by atoms with E-state index in [0.717, 1.165) is 5.56 Å². The molecule has 0 aliphatic rings. The largest absolute Gasteiger partial charge is 0.519 e. The molecular formula is C14H12O4. The standard InChI is InChI=1S/C14H12O4/c1-10-4-2-6-12(8-10)17-14(16)18-13-7-3-5-11(15)9-13/h2-9,15H,1H3. The Labute approximate surface area is 104 Å². The smallest absolute Gasteiger partial charge is 0.508 e. The van der Waals surface area contributed by atoms with Crippen molar-refractivity contribution in [3.05, 3.63) is 54.1 Å². The van der Waals surface area contributed by atoms with Crippen LogP contribution in [0.1, 0.15) is 5.56 Å². The Hall–Kier alpha value is -2.49. The number of phenols is 1. The Kier molecular flexibility index (Phi) is 3.48. The Morgan fingerprint density at radius 1 is 1.00 bits per heavy atom.